The van der Waals surface area contributed by atoms with Gasteiger partial charge in [0.05, 0.1) is 10.6 Å². The molecule has 6 nitrogen and oxygen atoms in total. The standard InChI is InChI=1S/C22H24BrN3O3S/c1-16-3-5-18(6-4-16)22-24-21(17(2)29-22)15-25-11-13-26(14-12-25)30(27,28)20-9-7-19(23)8-10-20/h3-10H,11-15H2,1-2H3. The lowest BCUT2D eigenvalue weighted by atomic mass is 10.1. The molecule has 0 aliphatic carbocycles. The first-order chi connectivity index (χ1) is 14.3. The Morgan fingerprint density at radius 3 is 2.23 bits per heavy atom. The molecular weight excluding hydrogens is 466 g/mol. The molecule has 1 aliphatic heterocycles. The van der Waals surface area contributed by atoms with Crippen molar-refractivity contribution in [2.75, 3.05) is 26.2 Å². The zero-order valence-corrected chi connectivity index (χ0v) is 19.4. The molecule has 0 amide bonds. The van der Waals surface area contributed by atoms with E-state index in [4.69, 9.17) is 4.42 Å². The van der Waals surface area contributed by atoms with E-state index in [-0.39, 0.29) is 0 Å². The molecule has 0 spiro atoms. The van der Waals surface area contributed by atoms with Crippen LogP contribution in [-0.4, -0.2) is 48.8 Å². The Kier molecular flexibility index (Phi) is 6.11. The van der Waals surface area contributed by atoms with Crippen LogP contribution in [0.1, 0.15) is 17.0 Å². The molecule has 158 valence electrons. The van der Waals surface area contributed by atoms with Gasteiger partial charge in [0.2, 0.25) is 15.9 Å². The molecule has 1 aliphatic rings. The minimum absolute atomic E-state index is 0.328. The van der Waals surface area contributed by atoms with Crippen molar-refractivity contribution in [3.05, 3.63) is 70.0 Å². The van der Waals surface area contributed by atoms with Gasteiger partial charge in [-0.25, -0.2) is 13.4 Å². The van der Waals surface area contributed by atoms with Crippen LogP contribution in [0.25, 0.3) is 11.5 Å². The molecule has 0 N–H and O–H groups in total. The van der Waals surface area contributed by atoms with E-state index < -0.39 is 10.0 Å². The van der Waals surface area contributed by atoms with E-state index in [2.05, 4.69) is 25.8 Å². The monoisotopic (exact) mass is 489 g/mol. The molecule has 0 radical (unpaired) electrons. The molecular formula is C22H24BrN3O3S. The van der Waals surface area contributed by atoms with Crippen molar-refractivity contribution >= 4 is 26.0 Å². The molecule has 0 bridgehead atoms. The van der Waals surface area contributed by atoms with Crippen LogP contribution < -0.4 is 0 Å². The van der Waals surface area contributed by atoms with Gasteiger partial charge in [0.25, 0.3) is 0 Å². The summed E-state index contributed by atoms with van der Waals surface area (Å²) in [6, 6.07) is 14.9. The third kappa shape index (κ3) is 4.51. The Hall–Kier alpha value is -2.00. The largest absolute Gasteiger partial charge is 0.441 e. The minimum Gasteiger partial charge on any atom is -0.441 e. The van der Waals surface area contributed by atoms with E-state index in [9.17, 15) is 8.42 Å². The number of aromatic nitrogens is 1. The van der Waals surface area contributed by atoms with E-state index in [0.717, 1.165) is 21.5 Å². The minimum atomic E-state index is -3.47. The maximum atomic E-state index is 12.9. The summed E-state index contributed by atoms with van der Waals surface area (Å²) in [5.41, 5.74) is 3.05. The maximum Gasteiger partial charge on any atom is 0.243 e. The fraction of sp³-hybridized carbons (Fsp3) is 0.318. The molecule has 30 heavy (non-hydrogen) atoms. The summed E-state index contributed by atoms with van der Waals surface area (Å²) in [7, 11) is -3.47. The van der Waals surface area contributed by atoms with Gasteiger partial charge in [-0.2, -0.15) is 4.31 Å². The average Bonchev–Trinajstić information content (AvgIpc) is 3.09. The lowest BCUT2D eigenvalue weighted by Crippen LogP contribution is -2.48. The highest BCUT2D eigenvalue weighted by Gasteiger charge is 2.29. The van der Waals surface area contributed by atoms with Gasteiger partial charge in [0.15, 0.2) is 0 Å². The Balaban J connectivity index is 1.40. The van der Waals surface area contributed by atoms with Crippen molar-refractivity contribution in [1.82, 2.24) is 14.2 Å². The van der Waals surface area contributed by atoms with Crippen LogP contribution in [0.15, 0.2) is 62.3 Å². The molecule has 1 fully saturated rings. The predicted molar refractivity (Wildman–Crippen MR) is 120 cm³/mol. The van der Waals surface area contributed by atoms with Crippen LogP contribution in [0.5, 0.6) is 0 Å². The first kappa shape index (κ1) is 21.2. The number of hydrogen-bond donors (Lipinski definition) is 0. The zero-order chi connectivity index (χ0) is 21.3. The lowest BCUT2D eigenvalue weighted by Gasteiger charge is -2.33. The second-order valence-corrected chi connectivity index (χ2v) is 10.4. The average molecular weight is 490 g/mol. The molecule has 0 saturated carbocycles. The molecule has 0 atom stereocenters. The van der Waals surface area contributed by atoms with Crippen LogP contribution in [0.3, 0.4) is 0 Å². The quantitative estimate of drug-likeness (QED) is 0.536. The fourth-order valence-electron chi connectivity index (χ4n) is 3.49. The smallest absolute Gasteiger partial charge is 0.243 e. The number of hydrogen-bond acceptors (Lipinski definition) is 5. The molecule has 1 saturated heterocycles. The lowest BCUT2D eigenvalue weighted by molar-refractivity contribution is 0.179. The number of halogens is 1. The summed E-state index contributed by atoms with van der Waals surface area (Å²) in [5, 5.41) is 0. The van der Waals surface area contributed by atoms with Crippen molar-refractivity contribution < 1.29 is 12.8 Å². The molecule has 3 aromatic rings. The van der Waals surface area contributed by atoms with Crippen molar-refractivity contribution in [3.8, 4) is 11.5 Å². The van der Waals surface area contributed by atoms with Crippen LogP contribution >= 0.6 is 15.9 Å². The summed E-state index contributed by atoms with van der Waals surface area (Å²) >= 11 is 3.34. The number of rotatable bonds is 5. The number of oxazole rings is 1. The first-order valence-electron chi connectivity index (χ1n) is 9.84. The second kappa shape index (κ2) is 8.63. The van der Waals surface area contributed by atoms with Crippen molar-refractivity contribution in [2.24, 2.45) is 0 Å². The Labute approximate surface area is 185 Å². The van der Waals surface area contributed by atoms with Gasteiger partial charge in [0, 0.05) is 42.8 Å². The molecule has 2 aromatic carbocycles. The number of aryl methyl sites for hydroxylation is 2. The number of nitrogens with zero attached hydrogens (tertiary/aromatic N) is 3. The summed E-state index contributed by atoms with van der Waals surface area (Å²) < 4.78 is 34.0. The van der Waals surface area contributed by atoms with Gasteiger partial charge in [0.1, 0.15) is 5.76 Å². The highest BCUT2D eigenvalue weighted by molar-refractivity contribution is 9.10. The second-order valence-electron chi connectivity index (χ2n) is 7.52. The molecule has 0 unspecified atom stereocenters. The number of piperazine rings is 1. The summed E-state index contributed by atoms with van der Waals surface area (Å²) in [6.07, 6.45) is 0. The van der Waals surface area contributed by atoms with Gasteiger partial charge in [-0.05, 0) is 50.2 Å². The van der Waals surface area contributed by atoms with Gasteiger partial charge < -0.3 is 4.42 Å². The van der Waals surface area contributed by atoms with Crippen LogP contribution in [0, 0.1) is 13.8 Å². The number of sulfonamides is 1. The zero-order valence-electron chi connectivity index (χ0n) is 17.0. The Morgan fingerprint density at radius 1 is 0.967 bits per heavy atom. The van der Waals surface area contributed by atoms with Gasteiger partial charge in [-0.15, -0.1) is 0 Å². The van der Waals surface area contributed by atoms with E-state index in [1.807, 2.05) is 38.1 Å². The van der Waals surface area contributed by atoms with Crippen molar-refractivity contribution in [1.29, 1.82) is 0 Å². The highest BCUT2D eigenvalue weighted by Crippen LogP contribution is 2.24. The fourth-order valence-corrected chi connectivity index (χ4v) is 5.18. The van der Waals surface area contributed by atoms with Gasteiger partial charge >= 0.3 is 0 Å². The maximum absolute atomic E-state index is 12.9. The van der Waals surface area contributed by atoms with E-state index in [1.165, 1.54) is 5.56 Å². The predicted octanol–water partition coefficient (Wildman–Crippen LogP) is 4.23. The SMILES string of the molecule is Cc1ccc(-c2nc(CN3CCN(S(=O)(=O)c4ccc(Br)cc4)CC3)c(C)o2)cc1. The van der Waals surface area contributed by atoms with E-state index >= 15 is 0 Å². The summed E-state index contributed by atoms with van der Waals surface area (Å²) in [5.74, 6) is 1.43. The van der Waals surface area contributed by atoms with Crippen molar-refractivity contribution in [2.45, 2.75) is 25.3 Å². The highest BCUT2D eigenvalue weighted by atomic mass is 79.9. The molecule has 4 rings (SSSR count). The third-order valence-electron chi connectivity index (χ3n) is 5.35. The van der Waals surface area contributed by atoms with E-state index in [1.54, 1.807) is 28.6 Å². The Morgan fingerprint density at radius 2 is 1.60 bits per heavy atom. The van der Waals surface area contributed by atoms with Crippen LogP contribution in [0.4, 0.5) is 0 Å². The van der Waals surface area contributed by atoms with Crippen LogP contribution in [0.2, 0.25) is 0 Å². The van der Waals surface area contributed by atoms with Gasteiger partial charge in [-0.1, -0.05) is 33.6 Å². The summed E-state index contributed by atoms with van der Waals surface area (Å²) in [4.78, 5) is 7.23. The van der Waals surface area contributed by atoms with Gasteiger partial charge in [-0.3, -0.25) is 4.90 Å². The van der Waals surface area contributed by atoms with Crippen molar-refractivity contribution in [3.63, 3.8) is 0 Å². The molecule has 8 heteroatoms. The first-order valence-corrected chi connectivity index (χ1v) is 12.1. The number of benzene rings is 2. The molecule has 2 heterocycles. The third-order valence-corrected chi connectivity index (χ3v) is 7.79. The van der Waals surface area contributed by atoms with Crippen LogP contribution in [-0.2, 0) is 16.6 Å². The normalized spacial score (nSPS) is 16.1. The Bertz CT molecular complexity index is 1120. The summed E-state index contributed by atoms with van der Waals surface area (Å²) in [6.45, 7) is 6.85. The molecule has 1 aromatic heterocycles. The topological polar surface area (TPSA) is 66.7 Å². The van der Waals surface area contributed by atoms with E-state index in [0.29, 0.717) is 43.5 Å².